The quantitative estimate of drug-likeness (QED) is 0.719. The molecule has 2 fully saturated rings. The lowest BCUT2D eigenvalue weighted by Gasteiger charge is -2.40. The lowest BCUT2D eigenvalue weighted by atomic mass is 9.88. The zero-order valence-corrected chi connectivity index (χ0v) is 14.2. The second-order valence-corrected chi connectivity index (χ2v) is 6.85. The first kappa shape index (κ1) is 17.2. The monoisotopic (exact) mass is 298 g/mol. The second kappa shape index (κ2) is 9.09. The first-order valence-corrected chi connectivity index (χ1v) is 8.77. The fraction of sp³-hybridized carbons (Fsp3) is 1.00. The van der Waals surface area contributed by atoms with Gasteiger partial charge >= 0.3 is 0 Å². The van der Waals surface area contributed by atoms with Gasteiger partial charge in [0, 0.05) is 45.9 Å². The Kier molecular flexibility index (Phi) is 7.44. The maximum absolute atomic E-state index is 6.15. The van der Waals surface area contributed by atoms with Crippen LogP contribution in [-0.2, 0) is 9.47 Å². The highest BCUT2D eigenvalue weighted by Crippen LogP contribution is 2.26. The SMILES string of the molecule is COCCN1CCN(CCO[C@@H]2CCCC[C@@H]2C)C[C@H]1C. The first-order valence-electron chi connectivity index (χ1n) is 8.77. The minimum atomic E-state index is 0.513. The van der Waals surface area contributed by atoms with Gasteiger partial charge in [0.1, 0.15) is 0 Å². The minimum absolute atomic E-state index is 0.513. The van der Waals surface area contributed by atoms with Crippen LogP contribution in [0, 0.1) is 5.92 Å². The lowest BCUT2D eigenvalue weighted by Crippen LogP contribution is -2.53. The van der Waals surface area contributed by atoms with Gasteiger partial charge in [0.05, 0.1) is 19.3 Å². The second-order valence-electron chi connectivity index (χ2n) is 6.85. The Labute approximate surface area is 130 Å². The van der Waals surface area contributed by atoms with Crippen molar-refractivity contribution in [3.05, 3.63) is 0 Å². The minimum Gasteiger partial charge on any atom is -0.383 e. The third-order valence-corrected chi connectivity index (χ3v) is 5.20. The average Bonchev–Trinajstić information content (AvgIpc) is 2.48. The van der Waals surface area contributed by atoms with Gasteiger partial charge in [-0.25, -0.2) is 0 Å². The van der Waals surface area contributed by atoms with E-state index in [9.17, 15) is 0 Å². The van der Waals surface area contributed by atoms with Gasteiger partial charge in [-0.2, -0.15) is 0 Å². The third kappa shape index (κ3) is 5.51. The maximum Gasteiger partial charge on any atom is 0.0601 e. The number of hydrogen-bond acceptors (Lipinski definition) is 4. The van der Waals surface area contributed by atoms with Crippen molar-refractivity contribution >= 4 is 0 Å². The van der Waals surface area contributed by atoms with Crippen LogP contribution in [0.3, 0.4) is 0 Å². The Balaban J connectivity index is 1.61. The Bertz CT molecular complexity index is 288. The van der Waals surface area contributed by atoms with E-state index in [0.29, 0.717) is 12.1 Å². The summed E-state index contributed by atoms with van der Waals surface area (Å²) in [6, 6.07) is 0.627. The van der Waals surface area contributed by atoms with Crippen molar-refractivity contribution in [1.82, 2.24) is 9.80 Å². The Hall–Kier alpha value is -0.160. The normalized spacial score (nSPS) is 32.4. The largest absolute Gasteiger partial charge is 0.383 e. The van der Waals surface area contributed by atoms with Crippen molar-refractivity contribution in [1.29, 1.82) is 0 Å². The zero-order valence-electron chi connectivity index (χ0n) is 14.2. The molecule has 1 saturated carbocycles. The van der Waals surface area contributed by atoms with E-state index in [1.54, 1.807) is 7.11 Å². The zero-order chi connectivity index (χ0) is 15.1. The van der Waals surface area contributed by atoms with Gasteiger partial charge < -0.3 is 9.47 Å². The molecule has 1 aliphatic carbocycles. The van der Waals surface area contributed by atoms with Crippen LogP contribution in [0.5, 0.6) is 0 Å². The molecular weight excluding hydrogens is 264 g/mol. The highest BCUT2D eigenvalue weighted by molar-refractivity contribution is 4.79. The summed E-state index contributed by atoms with van der Waals surface area (Å²) in [5, 5.41) is 0. The van der Waals surface area contributed by atoms with Gasteiger partial charge in [-0.15, -0.1) is 0 Å². The van der Waals surface area contributed by atoms with Crippen molar-refractivity contribution in [3.8, 4) is 0 Å². The fourth-order valence-electron chi connectivity index (χ4n) is 3.68. The molecule has 1 aliphatic heterocycles. The van der Waals surface area contributed by atoms with Gasteiger partial charge in [-0.05, 0) is 25.7 Å². The van der Waals surface area contributed by atoms with Crippen LogP contribution in [0.25, 0.3) is 0 Å². The van der Waals surface area contributed by atoms with E-state index in [1.165, 1.54) is 25.7 Å². The lowest BCUT2D eigenvalue weighted by molar-refractivity contribution is -0.0228. The Morgan fingerprint density at radius 1 is 1.00 bits per heavy atom. The molecule has 2 rings (SSSR count). The molecule has 3 atom stereocenters. The van der Waals surface area contributed by atoms with E-state index in [0.717, 1.165) is 51.9 Å². The van der Waals surface area contributed by atoms with Crippen LogP contribution in [0.1, 0.15) is 39.5 Å². The van der Waals surface area contributed by atoms with Crippen LogP contribution in [-0.4, -0.2) is 75.0 Å². The molecule has 0 N–H and O–H groups in total. The smallest absolute Gasteiger partial charge is 0.0601 e. The van der Waals surface area contributed by atoms with E-state index in [-0.39, 0.29) is 0 Å². The van der Waals surface area contributed by atoms with E-state index >= 15 is 0 Å². The molecule has 4 heteroatoms. The standard InChI is InChI=1S/C17H34N2O2/c1-15-6-4-5-7-17(15)21-13-10-18-8-9-19(11-12-20-3)16(2)14-18/h15-17H,4-14H2,1-3H3/t15-,16+,17+/m0/s1. The predicted octanol–water partition coefficient (Wildman–Crippen LogP) is 2.23. The number of hydrogen-bond donors (Lipinski definition) is 0. The van der Waals surface area contributed by atoms with E-state index in [2.05, 4.69) is 23.6 Å². The summed E-state index contributed by atoms with van der Waals surface area (Å²) in [4.78, 5) is 5.09. The maximum atomic E-state index is 6.15. The van der Waals surface area contributed by atoms with Crippen LogP contribution in [0.4, 0.5) is 0 Å². The highest BCUT2D eigenvalue weighted by Gasteiger charge is 2.24. The third-order valence-electron chi connectivity index (χ3n) is 5.20. The van der Waals surface area contributed by atoms with Crippen LogP contribution in [0.15, 0.2) is 0 Å². The average molecular weight is 298 g/mol. The summed E-state index contributed by atoms with van der Waals surface area (Å²) in [6.07, 6.45) is 5.87. The van der Waals surface area contributed by atoms with Crippen molar-refractivity contribution in [2.75, 3.05) is 53.0 Å². The molecule has 0 radical (unpaired) electrons. The number of nitrogens with zero attached hydrogens (tertiary/aromatic N) is 2. The van der Waals surface area contributed by atoms with E-state index in [1.807, 2.05) is 0 Å². The van der Waals surface area contributed by atoms with Crippen molar-refractivity contribution in [2.24, 2.45) is 5.92 Å². The molecule has 1 saturated heterocycles. The van der Waals surface area contributed by atoms with Gasteiger partial charge in [0.25, 0.3) is 0 Å². The fourth-order valence-corrected chi connectivity index (χ4v) is 3.68. The van der Waals surface area contributed by atoms with Crippen molar-refractivity contribution < 1.29 is 9.47 Å². The summed E-state index contributed by atoms with van der Waals surface area (Å²) in [7, 11) is 1.78. The molecule has 0 amide bonds. The van der Waals surface area contributed by atoms with E-state index in [4.69, 9.17) is 9.47 Å². The molecule has 0 bridgehead atoms. The molecule has 0 aromatic heterocycles. The molecule has 0 aromatic carbocycles. The first-order chi connectivity index (χ1) is 10.2. The molecular formula is C17H34N2O2. The molecule has 0 unspecified atom stereocenters. The molecule has 0 aromatic rings. The Morgan fingerprint density at radius 2 is 1.81 bits per heavy atom. The Morgan fingerprint density at radius 3 is 2.52 bits per heavy atom. The molecule has 2 aliphatic rings. The summed E-state index contributed by atoms with van der Waals surface area (Å²) in [6.45, 7) is 12.0. The molecule has 0 spiro atoms. The van der Waals surface area contributed by atoms with Gasteiger partial charge in [-0.3, -0.25) is 9.80 Å². The summed E-state index contributed by atoms with van der Waals surface area (Å²) in [5.41, 5.74) is 0. The number of rotatable bonds is 7. The summed E-state index contributed by atoms with van der Waals surface area (Å²) in [5.74, 6) is 0.753. The van der Waals surface area contributed by atoms with Crippen molar-refractivity contribution in [2.45, 2.75) is 51.7 Å². The van der Waals surface area contributed by atoms with Gasteiger partial charge in [0.15, 0.2) is 0 Å². The van der Waals surface area contributed by atoms with Crippen LogP contribution in [0.2, 0.25) is 0 Å². The van der Waals surface area contributed by atoms with Gasteiger partial charge in [-0.1, -0.05) is 19.8 Å². The highest BCUT2D eigenvalue weighted by atomic mass is 16.5. The number of methoxy groups -OCH3 is 1. The molecule has 21 heavy (non-hydrogen) atoms. The number of ether oxygens (including phenoxy) is 2. The summed E-state index contributed by atoms with van der Waals surface area (Å²) < 4.78 is 11.3. The predicted molar refractivity (Wildman–Crippen MR) is 86.7 cm³/mol. The summed E-state index contributed by atoms with van der Waals surface area (Å²) >= 11 is 0. The topological polar surface area (TPSA) is 24.9 Å². The van der Waals surface area contributed by atoms with Gasteiger partial charge in [0.2, 0.25) is 0 Å². The number of piperazine rings is 1. The molecule has 4 nitrogen and oxygen atoms in total. The van der Waals surface area contributed by atoms with Crippen LogP contribution >= 0.6 is 0 Å². The van der Waals surface area contributed by atoms with Crippen LogP contribution < -0.4 is 0 Å². The van der Waals surface area contributed by atoms with Crippen molar-refractivity contribution in [3.63, 3.8) is 0 Å². The molecule has 124 valence electrons. The van der Waals surface area contributed by atoms with E-state index < -0.39 is 0 Å². The molecule has 1 heterocycles.